The van der Waals surface area contributed by atoms with Crippen LogP contribution < -0.4 is 5.32 Å². The van der Waals surface area contributed by atoms with Crippen LogP contribution in [0.25, 0.3) is 10.9 Å². The van der Waals surface area contributed by atoms with E-state index in [9.17, 15) is 5.11 Å². The predicted octanol–water partition coefficient (Wildman–Crippen LogP) is 1.06. The van der Waals surface area contributed by atoms with Gasteiger partial charge in [0.05, 0.1) is 18.2 Å². The Morgan fingerprint density at radius 1 is 1.40 bits per heavy atom. The largest absolute Gasteiger partial charge is 0.394 e. The zero-order chi connectivity index (χ0) is 10.7. The van der Waals surface area contributed by atoms with Gasteiger partial charge in [0.25, 0.3) is 0 Å². The van der Waals surface area contributed by atoms with Crippen LogP contribution in [0, 0.1) is 0 Å². The Kier molecular flexibility index (Phi) is 3.15. The first-order chi connectivity index (χ1) is 7.31. The number of anilines is 1. The molecular formula is C10H12N2O2S. The minimum atomic E-state index is -0.731. The van der Waals surface area contributed by atoms with Crippen molar-refractivity contribution in [3.8, 4) is 0 Å². The van der Waals surface area contributed by atoms with Gasteiger partial charge in [0, 0.05) is 11.9 Å². The molecule has 0 spiro atoms. The van der Waals surface area contributed by atoms with Crippen molar-refractivity contribution in [2.45, 2.75) is 6.10 Å². The molecule has 1 aromatic heterocycles. The van der Waals surface area contributed by atoms with Gasteiger partial charge in [-0.25, -0.2) is 0 Å². The van der Waals surface area contributed by atoms with Crippen molar-refractivity contribution in [3.05, 3.63) is 24.3 Å². The quantitative estimate of drug-likeness (QED) is 0.726. The molecule has 0 bridgehead atoms. The van der Waals surface area contributed by atoms with Gasteiger partial charge in [-0.05, 0) is 23.7 Å². The normalized spacial score (nSPS) is 12.9. The highest BCUT2D eigenvalue weighted by atomic mass is 32.1. The molecular weight excluding hydrogens is 212 g/mol. The molecule has 80 valence electrons. The smallest absolute Gasteiger partial charge is 0.117 e. The minimum Gasteiger partial charge on any atom is -0.394 e. The van der Waals surface area contributed by atoms with Gasteiger partial charge in [-0.3, -0.25) is 0 Å². The van der Waals surface area contributed by atoms with Crippen LogP contribution in [0.4, 0.5) is 5.00 Å². The summed E-state index contributed by atoms with van der Waals surface area (Å²) in [6, 6.07) is 7.81. The van der Waals surface area contributed by atoms with E-state index in [1.165, 1.54) is 11.5 Å². The number of hydrogen-bond acceptors (Lipinski definition) is 5. The minimum absolute atomic E-state index is 0.232. The lowest BCUT2D eigenvalue weighted by Crippen LogP contribution is -2.22. The summed E-state index contributed by atoms with van der Waals surface area (Å²) < 4.78 is 4.26. The van der Waals surface area contributed by atoms with Crippen LogP contribution in [-0.2, 0) is 0 Å². The summed E-state index contributed by atoms with van der Waals surface area (Å²) in [5.41, 5.74) is 0.948. The van der Waals surface area contributed by atoms with Gasteiger partial charge in [-0.15, -0.1) is 0 Å². The van der Waals surface area contributed by atoms with E-state index >= 15 is 0 Å². The first-order valence-electron chi connectivity index (χ1n) is 4.68. The zero-order valence-electron chi connectivity index (χ0n) is 8.05. The van der Waals surface area contributed by atoms with Gasteiger partial charge >= 0.3 is 0 Å². The van der Waals surface area contributed by atoms with E-state index in [2.05, 4.69) is 9.69 Å². The average molecular weight is 224 g/mol. The molecule has 0 aliphatic heterocycles. The number of aromatic nitrogens is 1. The lowest BCUT2D eigenvalue weighted by atomic mass is 10.2. The maximum Gasteiger partial charge on any atom is 0.117 e. The highest BCUT2D eigenvalue weighted by Crippen LogP contribution is 2.26. The topological polar surface area (TPSA) is 65.4 Å². The predicted molar refractivity (Wildman–Crippen MR) is 61.2 cm³/mol. The van der Waals surface area contributed by atoms with Gasteiger partial charge < -0.3 is 15.5 Å². The van der Waals surface area contributed by atoms with Crippen LogP contribution in [0.15, 0.2) is 24.3 Å². The monoisotopic (exact) mass is 224 g/mol. The summed E-state index contributed by atoms with van der Waals surface area (Å²) in [5, 5.41) is 22.9. The Morgan fingerprint density at radius 2 is 2.20 bits per heavy atom. The average Bonchev–Trinajstić information content (AvgIpc) is 2.69. The van der Waals surface area contributed by atoms with Crippen molar-refractivity contribution in [1.82, 2.24) is 4.37 Å². The van der Waals surface area contributed by atoms with Gasteiger partial charge in [-0.2, -0.15) is 4.37 Å². The van der Waals surface area contributed by atoms with Crippen molar-refractivity contribution in [1.29, 1.82) is 0 Å². The second-order valence-electron chi connectivity index (χ2n) is 3.25. The molecule has 1 atom stereocenters. The second-order valence-corrected chi connectivity index (χ2v) is 4.02. The number of fused-ring (bicyclic) bond motifs is 1. The van der Waals surface area contributed by atoms with Crippen molar-refractivity contribution >= 4 is 27.4 Å². The maximum absolute atomic E-state index is 9.20. The van der Waals surface area contributed by atoms with E-state index in [0.717, 1.165) is 15.9 Å². The Labute approximate surface area is 91.3 Å². The van der Waals surface area contributed by atoms with Crippen molar-refractivity contribution in [2.24, 2.45) is 0 Å². The summed E-state index contributed by atoms with van der Waals surface area (Å²) in [7, 11) is 0. The Bertz CT molecular complexity index is 444. The van der Waals surface area contributed by atoms with Gasteiger partial charge in [-0.1, -0.05) is 12.1 Å². The molecule has 3 N–H and O–H groups in total. The van der Waals surface area contributed by atoms with Crippen LogP contribution in [0.1, 0.15) is 0 Å². The van der Waals surface area contributed by atoms with E-state index in [1.54, 1.807) is 0 Å². The highest BCUT2D eigenvalue weighted by Gasteiger charge is 2.06. The fourth-order valence-electron chi connectivity index (χ4n) is 1.29. The molecule has 15 heavy (non-hydrogen) atoms. The molecule has 1 heterocycles. The third kappa shape index (κ3) is 2.26. The Morgan fingerprint density at radius 3 is 3.00 bits per heavy atom. The third-order valence-electron chi connectivity index (χ3n) is 2.09. The number of rotatable bonds is 4. The summed E-state index contributed by atoms with van der Waals surface area (Å²) in [5.74, 6) is 0. The third-order valence-corrected chi connectivity index (χ3v) is 2.93. The number of aliphatic hydroxyl groups excluding tert-OH is 2. The summed E-state index contributed by atoms with van der Waals surface area (Å²) in [6.07, 6.45) is -0.731. The molecule has 0 radical (unpaired) electrons. The van der Waals surface area contributed by atoms with Gasteiger partial charge in [0.15, 0.2) is 0 Å². The Hall–Kier alpha value is -1.17. The summed E-state index contributed by atoms with van der Waals surface area (Å²) >= 11 is 1.36. The maximum atomic E-state index is 9.20. The first-order valence-corrected chi connectivity index (χ1v) is 5.46. The number of nitrogens with zero attached hydrogens (tertiary/aromatic N) is 1. The number of benzene rings is 1. The molecule has 4 nitrogen and oxygen atoms in total. The van der Waals surface area contributed by atoms with E-state index in [0.29, 0.717) is 6.54 Å². The molecule has 1 aromatic carbocycles. The molecule has 0 fully saturated rings. The van der Waals surface area contributed by atoms with E-state index in [-0.39, 0.29) is 6.61 Å². The van der Waals surface area contributed by atoms with E-state index < -0.39 is 6.10 Å². The van der Waals surface area contributed by atoms with Crippen LogP contribution in [0.5, 0.6) is 0 Å². The second kappa shape index (κ2) is 4.57. The lowest BCUT2D eigenvalue weighted by molar-refractivity contribution is 0.105. The summed E-state index contributed by atoms with van der Waals surface area (Å²) in [4.78, 5) is 0. The SMILES string of the molecule is OCC(O)CNc1snc2ccccc12. The van der Waals surface area contributed by atoms with Crippen molar-refractivity contribution in [3.63, 3.8) is 0 Å². The number of hydrogen-bond donors (Lipinski definition) is 3. The molecule has 1 unspecified atom stereocenters. The van der Waals surface area contributed by atoms with Gasteiger partial charge in [0.2, 0.25) is 0 Å². The van der Waals surface area contributed by atoms with E-state index in [4.69, 9.17) is 5.11 Å². The van der Waals surface area contributed by atoms with Crippen LogP contribution in [-0.4, -0.2) is 33.8 Å². The zero-order valence-corrected chi connectivity index (χ0v) is 8.87. The molecule has 2 aromatic rings. The first kappa shape index (κ1) is 10.4. The van der Waals surface area contributed by atoms with Crippen molar-refractivity contribution < 1.29 is 10.2 Å². The van der Waals surface area contributed by atoms with Crippen LogP contribution in [0.3, 0.4) is 0 Å². The van der Waals surface area contributed by atoms with Gasteiger partial charge in [0.1, 0.15) is 5.00 Å². The Balaban J connectivity index is 2.14. The van der Waals surface area contributed by atoms with Crippen LogP contribution in [0.2, 0.25) is 0 Å². The molecule has 5 heteroatoms. The molecule has 0 amide bonds. The summed E-state index contributed by atoms with van der Waals surface area (Å²) in [6.45, 7) is 0.104. The van der Waals surface area contributed by atoms with Crippen LogP contribution >= 0.6 is 11.5 Å². The van der Waals surface area contributed by atoms with E-state index in [1.807, 2.05) is 24.3 Å². The fraction of sp³-hybridized carbons (Fsp3) is 0.300. The molecule has 0 saturated heterocycles. The number of nitrogens with one attached hydrogen (secondary N) is 1. The lowest BCUT2D eigenvalue weighted by Gasteiger charge is -2.07. The molecule has 0 aliphatic rings. The fourth-order valence-corrected chi connectivity index (χ4v) is 2.06. The molecule has 0 aliphatic carbocycles. The highest BCUT2D eigenvalue weighted by molar-refractivity contribution is 7.11. The standard InChI is InChI=1S/C10H12N2O2S/c13-6-7(14)5-11-10-8-3-1-2-4-9(8)12-15-10/h1-4,7,11,13-14H,5-6H2. The van der Waals surface area contributed by atoms with Crippen molar-refractivity contribution in [2.75, 3.05) is 18.5 Å². The molecule has 2 rings (SSSR count). The molecule has 0 saturated carbocycles. The number of aliphatic hydroxyl groups is 2.